The number of aromatic nitrogens is 4. The highest BCUT2D eigenvalue weighted by Crippen LogP contribution is 2.14. The van der Waals surface area contributed by atoms with Crippen LogP contribution in [0.15, 0.2) is 26.5 Å². The number of aryl methyl sites for hydroxylation is 1. The summed E-state index contributed by atoms with van der Waals surface area (Å²) in [7, 11) is 0. The zero-order chi connectivity index (χ0) is 14.3. The van der Waals surface area contributed by atoms with E-state index in [9.17, 15) is 14.4 Å². The van der Waals surface area contributed by atoms with Crippen LogP contribution in [-0.2, 0) is 6.42 Å². The molecule has 0 amide bonds. The molecule has 3 aromatic rings. The fourth-order valence-electron chi connectivity index (χ4n) is 2.20. The van der Waals surface area contributed by atoms with Crippen molar-refractivity contribution in [3.8, 4) is 0 Å². The molecular formula is C13H12N4O3. The summed E-state index contributed by atoms with van der Waals surface area (Å²) < 4.78 is 0. The Balaban J connectivity index is 2.45. The topological polar surface area (TPSA) is 111 Å². The summed E-state index contributed by atoms with van der Waals surface area (Å²) in [6, 6.07) is 3.00. The summed E-state index contributed by atoms with van der Waals surface area (Å²) in [4.78, 5) is 42.2. The Kier molecular flexibility index (Phi) is 2.74. The molecule has 1 aromatic carbocycles. The van der Waals surface area contributed by atoms with Gasteiger partial charge in [-0.05, 0) is 18.6 Å². The molecule has 0 unspecified atom stereocenters. The van der Waals surface area contributed by atoms with Crippen molar-refractivity contribution in [1.82, 2.24) is 20.2 Å². The van der Waals surface area contributed by atoms with Gasteiger partial charge in [-0.25, -0.2) is 4.98 Å². The highest BCUT2D eigenvalue weighted by Gasteiger charge is 2.09. The first kappa shape index (κ1) is 12.3. The predicted octanol–water partition coefficient (Wildman–Crippen LogP) is 0.405. The third-order valence-electron chi connectivity index (χ3n) is 3.17. The van der Waals surface area contributed by atoms with E-state index in [2.05, 4.69) is 20.2 Å². The first-order valence-corrected chi connectivity index (χ1v) is 6.27. The van der Waals surface area contributed by atoms with Gasteiger partial charge in [0.2, 0.25) is 0 Å². The van der Waals surface area contributed by atoms with Gasteiger partial charge in [0, 0.05) is 0 Å². The second-order valence-corrected chi connectivity index (χ2v) is 4.59. The molecule has 0 saturated carbocycles. The zero-order valence-corrected chi connectivity index (χ0v) is 10.7. The Hall–Kier alpha value is -2.70. The third kappa shape index (κ3) is 1.83. The van der Waals surface area contributed by atoms with Crippen molar-refractivity contribution < 1.29 is 0 Å². The molecule has 7 nitrogen and oxygen atoms in total. The van der Waals surface area contributed by atoms with Gasteiger partial charge in [-0.1, -0.05) is 13.3 Å². The summed E-state index contributed by atoms with van der Waals surface area (Å²) in [6.45, 7) is 1.95. The predicted molar refractivity (Wildman–Crippen MR) is 75.1 cm³/mol. The second-order valence-electron chi connectivity index (χ2n) is 4.59. The summed E-state index contributed by atoms with van der Waals surface area (Å²) >= 11 is 0. The summed E-state index contributed by atoms with van der Waals surface area (Å²) in [5.74, 6) is 0. The summed E-state index contributed by atoms with van der Waals surface area (Å²) in [6.07, 6.45) is 1.37. The third-order valence-corrected chi connectivity index (χ3v) is 3.17. The normalized spacial score (nSPS) is 11.2. The molecule has 3 rings (SSSR count). The summed E-state index contributed by atoms with van der Waals surface area (Å²) in [5, 5.41) is 4.99. The lowest BCUT2D eigenvalue weighted by atomic mass is 10.1. The van der Waals surface area contributed by atoms with E-state index in [1.165, 1.54) is 12.1 Å². The van der Waals surface area contributed by atoms with Gasteiger partial charge in [0.05, 0.1) is 21.8 Å². The van der Waals surface area contributed by atoms with Gasteiger partial charge >= 0.3 is 0 Å². The van der Waals surface area contributed by atoms with Crippen LogP contribution in [0.2, 0.25) is 0 Å². The Labute approximate surface area is 111 Å². The Morgan fingerprint density at radius 1 is 1.00 bits per heavy atom. The fourth-order valence-corrected chi connectivity index (χ4v) is 2.20. The number of fused-ring (bicyclic) bond motifs is 2. The van der Waals surface area contributed by atoms with Gasteiger partial charge < -0.3 is 4.98 Å². The van der Waals surface area contributed by atoms with Crippen LogP contribution in [0.25, 0.3) is 21.8 Å². The number of H-pyrrole nitrogens is 3. The molecule has 0 atom stereocenters. The number of aromatic amines is 3. The monoisotopic (exact) mass is 272 g/mol. The Morgan fingerprint density at radius 3 is 2.30 bits per heavy atom. The van der Waals surface area contributed by atoms with Gasteiger partial charge in [0.15, 0.2) is 0 Å². The first-order chi connectivity index (χ1) is 9.60. The van der Waals surface area contributed by atoms with Gasteiger partial charge in [-0.2, -0.15) is 0 Å². The molecule has 0 aliphatic rings. The van der Waals surface area contributed by atoms with Crippen LogP contribution in [0.5, 0.6) is 0 Å². The molecule has 2 heterocycles. The van der Waals surface area contributed by atoms with E-state index >= 15 is 0 Å². The van der Waals surface area contributed by atoms with Crippen LogP contribution in [0, 0.1) is 0 Å². The Morgan fingerprint density at radius 2 is 1.65 bits per heavy atom. The molecule has 7 heteroatoms. The quantitative estimate of drug-likeness (QED) is 0.586. The van der Waals surface area contributed by atoms with Crippen LogP contribution in [-0.4, -0.2) is 20.2 Å². The number of nitrogens with zero attached hydrogens (tertiary/aromatic N) is 1. The maximum absolute atomic E-state index is 11.8. The van der Waals surface area contributed by atoms with Gasteiger partial charge in [-0.15, -0.1) is 0 Å². The zero-order valence-electron chi connectivity index (χ0n) is 10.7. The average Bonchev–Trinajstić information content (AvgIpc) is 2.43. The number of hydrogen-bond donors (Lipinski definition) is 3. The molecule has 102 valence electrons. The van der Waals surface area contributed by atoms with Gasteiger partial charge in [-0.3, -0.25) is 24.6 Å². The lowest BCUT2D eigenvalue weighted by Gasteiger charge is -2.03. The summed E-state index contributed by atoms with van der Waals surface area (Å²) in [5.41, 5.74) is 0.294. The smallest absolute Gasteiger partial charge is 0.270 e. The average molecular weight is 272 g/mol. The fraction of sp³-hybridized carbons (Fsp3) is 0.231. The van der Waals surface area contributed by atoms with E-state index in [-0.39, 0.29) is 16.3 Å². The Bertz CT molecular complexity index is 981. The van der Waals surface area contributed by atoms with Crippen molar-refractivity contribution in [2.75, 3.05) is 0 Å². The van der Waals surface area contributed by atoms with Crippen LogP contribution in [0.3, 0.4) is 0 Å². The molecule has 0 aliphatic carbocycles. The molecular weight excluding hydrogens is 260 g/mol. The number of rotatable bonds is 2. The molecule has 3 N–H and O–H groups in total. The number of nitrogens with one attached hydrogen (secondary N) is 3. The van der Waals surface area contributed by atoms with E-state index in [0.717, 1.165) is 6.42 Å². The molecule has 0 bridgehead atoms. The maximum Gasteiger partial charge on any atom is 0.270 e. The SMILES string of the molecule is CCCc1nc2cc3c(=O)[nH][nH]c(=O)c3cc2[nH]c1=O. The molecule has 0 fully saturated rings. The van der Waals surface area contributed by atoms with Crippen molar-refractivity contribution in [3.05, 3.63) is 48.9 Å². The molecule has 0 spiro atoms. The highest BCUT2D eigenvalue weighted by atomic mass is 16.1. The van der Waals surface area contributed by atoms with E-state index in [1.807, 2.05) is 6.92 Å². The van der Waals surface area contributed by atoms with Crippen molar-refractivity contribution in [2.45, 2.75) is 19.8 Å². The van der Waals surface area contributed by atoms with Crippen molar-refractivity contribution >= 4 is 21.8 Å². The lowest BCUT2D eigenvalue weighted by molar-refractivity contribution is 0.867. The highest BCUT2D eigenvalue weighted by molar-refractivity contribution is 5.93. The minimum absolute atomic E-state index is 0.224. The molecule has 2 aromatic heterocycles. The molecule has 0 saturated heterocycles. The van der Waals surface area contributed by atoms with Crippen LogP contribution < -0.4 is 16.7 Å². The van der Waals surface area contributed by atoms with Gasteiger partial charge in [0.25, 0.3) is 16.7 Å². The maximum atomic E-state index is 11.8. The lowest BCUT2D eigenvalue weighted by Crippen LogP contribution is -2.20. The molecule has 0 radical (unpaired) electrons. The van der Waals surface area contributed by atoms with E-state index in [1.54, 1.807) is 0 Å². The van der Waals surface area contributed by atoms with Crippen LogP contribution in [0.4, 0.5) is 0 Å². The molecule has 0 aliphatic heterocycles. The first-order valence-electron chi connectivity index (χ1n) is 6.27. The van der Waals surface area contributed by atoms with Crippen molar-refractivity contribution in [2.24, 2.45) is 0 Å². The largest absolute Gasteiger partial charge is 0.319 e. The van der Waals surface area contributed by atoms with E-state index in [4.69, 9.17) is 0 Å². The minimum atomic E-state index is -0.417. The van der Waals surface area contributed by atoms with E-state index < -0.39 is 11.1 Å². The number of hydrogen-bond acceptors (Lipinski definition) is 4. The van der Waals surface area contributed by atoms with Crippen LogP contribution in [0.1, 0.15) is 19.0 Å². The van der Waals surface area contributed by atoms with Crippen molar-refractivity contribution in [1.29, 1.82) is 0 Å². The minimum Gasteiger partial charge on any atom is -0.319 e. The van der Waals surface area contributed by atoms with Crippen molar-refractivity contribution in [3.63, 3.8) is 0 Å². The van der Waals surface area contributed by atoms with E-state index in [0.29, 0.717) is 23.1 Å². The van der Waals surface area contributed by atoms with Crippen LogP contribution >= 0.6 is 0 Å². The second kappa shape index (κ2) is 4.44. The molecule has 20 heavy (non-hydrogen) atoms. The standard InChI is InChI=1S/C13H12N4O3/c1-2-3-8-13(20)15-10-5-7-6(4-9(10)14-8)11(18)16-17-12(7)19/h4-5H,2-3H2,1H3,(H,15,20)(H,16,18)(H,17,19). The van der Waals surface area contributed by atoms with Gasteiger partial charge in [0.1, 0.15) is 5.69 Å². The number of benzene rings is 1.